The minimum Gasteiger partial charge on any atom is -0.311 e. The van der Waals surface area contributed by atoms with Crippen LogP contribution in [0.25, 0.3) is 0 Å². The molecule has 1 unspecified atom stereocenters. The molecule has 1 aliphatic rings. The second kappa shape index (κ2) is 4.31. The van der Waals surface area contributed by atoms with Crippen LogP contribution < -0.4 is 4.90 Å². The number of carbonyl (C=O) groups excluding carboxylic acids is 1. The minimum atomic E-state index is 0.0471. The second-order valence-corrected chi connectivity index (χ2v) is 4.92. The highest BCUT2D eigenvalue weighted by Crippen LogP contribution is 2.29. The smallest absolute Gasteiger partial charge is 0.228 e. The predicted octanol–water partition coefficient (Wildman–Crippen LogP) is 2.74. The molecule has 0 saturated carbocycles. The van der Waals surface area contributed by atoms with Gasteiger partial charge in [0.25, 0.3) is 0 Å². The topological polar surface area (TPSA) is 20.3 Å². The lowest BCUT2D eigenvalue weighted by atomic mass is 10.1. The van der Waals surface area contributed by atoms with Crippen molar-refractivity contribution >= 4 is 27.5 Å². The first-order chi connectivity index (χ1) is 7.61. The van der Waals surface area contributed by atoms with Crippen LogP contribution in [0.2, 0.25) is 0 Å². The van der Waals surface area contributed by atoms with Crippen LogP contribution in [-0.4, -0.2) is 12.5 Å². The van der Waals surface area contributed by atoms with Crippen LogP contribution in [0.5, 0.6) is 0 Å². The summed E-state index contributed by atoms with van der Waals surface area (Å²) in [6.07, 6.45) is 5.83. The van der Waals surface area contributed by atoms with Crippen LogP contribution in [0.15, 0.2) is 22.7 Å². The summed E-state index contributed by atoms with van der Waals surface area (Å²) in [6.45, 7) is 2.63. The molecule has 1 heterocycles. The maximum atomic E-state index is 11.8. The van der Waals surface area contributed by atoms with Crippen molar-refractivity contribution < 1.29 is 4.79 Å². The lowest BCUT2D eigenvalue weighted by Gasteiger charge is -2.18. The molecule has 0 bridgehead atoms. The molecule has 1 aromatic rings. The Labute approximate surface area is 104 Å². The number of benzene rings is 1. The quantitative estimate of drug-likeness (QED) is 0.723. The number of hydrogen-bond acceptors (Lipinski definition) is 1. The molecule has 3 heteroatoms. The van der Waals surface area contributed by atoms with E-state index in [1.54, 1.807) is 4.90 Å². The van der Waals surface area contributed by atoms with E-state index in [-0.39, 0.29) is 11.8 Å². The third-order valence-corrected chi connectivity index (χ3v) is 3.32. The number of hydrogen-bond donors (Lipinski definition) is 0. The zero-order valence-electron chi connectivity index (χ0n) is 9.03. The van der Waals surface area contributed by atoms with Crippen molar-refractivity contribution in [2.75, 3.05) is 11.4 Å². The van der Waals surface area contributed by atoms with E-state index in [0.29, 0.717) is 13.0 Å². The highest BCUT2D eigenvalue weighted by Gasteiger charge is 2.30. The zero-order chi connectivity index (χ0) is 11.7. The summed E-state index contributed by atoms with van der Waals surface area (Å²) in [7, 11) is 0. The maximum absolute atomic E-state index is 11.8. The van der Waals surface area contributed by atoms with Gasteiger partial charge in [-0.3, -0.25) is 4.79 Å². The number of amides is 1. The van der Waals surface area contributed by atoms with Crippen molar-refractivity contribution in [3.05, 3.63) is 28.2 Å². The van der Waals surface area contributed by atoms with Gasteiger partial charge >= 0.3 is 0 Å². The number of rotatable bonds is 1. The molecule has 0 aliphatic carbocycles. The van der Waals surface area contributed by atoms with E-state index in [1.807, 2.05) is 25.1 Å². The first-order valence-corrected chi connectivity index (χ1v) is 5.93. The first-order valence-electron chi connectivity index (χ1n) is 5.14. The molecule has 1 aromatic carbocycles. The largest absolute Gasteiger partial charge is 0.311 e. The number of terminal acetylenes is 1. The molecule has 16 heavy (non-hydrogen) atoms. The number of halogens is 1. The third kappa shape index (κ3) is 1.98. The molecule has 1 atom stereocenters. The lowest BCUT2D eigenvalue weighted by Crippen LogP contribution is -2.25. The summed E-state index contributed by atoms with van der Waals surface area (Å²) >= 11 is 3.42. The van der Waals surface area contributed by atoms with E-state index >= 15 is 0 Å². The van der Waals surface area contributed by atoms with Crippen LogP contribution >= 0.6 is 15.9 Å². The molecule has 82 valence electrons. The van der Waals surface area contributed by atoms with E-state index in [9.17, 15) is 4.79 Å². The fraction of sp³-hybridized carbons (Fsp3) is 0.308. The van der Waals surface area contributed by atoms with Gasteiger partial charge in [0.2, 0.25) is 5.91 Å². The fourth-order valence-electron chi connectivity index (χ4n) is 1.93. The van der Waals surface area contributed by atoms with Crippen molar-refractivity contribution in [1.82, 2.24) is 0 Å². The van der Waals surface area contributed by atoms with Gasteiger partial charge in [0.15, 0.2) is 0 Å². The lowest BCUT2D eigenvalue weighted by molar-refractivity contribution is -0.117. The molecule has 0 spiro atoms. The third-order valence-electron chi connectivity index (χ3n) is 2.82. The molecule has 2 rings (SSSR count). The Kier molecular flexibility index (Phi) is 3.02. The van der Waals surface area contributed by atoms with Crippen molar-refractivity contribution in [2.24, 2.45) is 5.92 Å². The van der Waals surface area contributed by atoms with Crippen molar-refractivity contribution in [1.29, 1.82) is 0 Å². The molecule has 1 amide bonds. The standard InChI is InChI=1S/C13H12BrNO/c1-3-10-6-13(16)15(8-10)12-7-11(14)5-4-9(12)2/h1,4-5,7,10H,6,8H2,2H3. The van der Waals surface area contributed by atoms with Gasteiger partial charge in [-0.2, -0.15) is 0 Å². The molecule has 2 nitrogen and oxygen atoms in total. The first kappa shape index (κ1) is 11.2. The molecular formula is C13H12BrNO. The van der Waals surface area contributed by atoms with Crippen molar-refractivity contribution in [3.8, 4) is 12.3 Å². The van der Waals surface area contributed by atoms with Gasteiger partial charge in [-0.1, -0.05) is 22.0 Å². The molecule has 1 aliphatic heterocycles. The Morgan fingerprint density at radius 1 is 1.56 bits per heavy atom. The number of anilines is 1. The van der Waals surface area contributed by atoms with E-state index in [1.165, 1.54) is 0 Å². The van der Waals surface area contributed by atoms with Crippen molar-refractivity contribution in [3.63, 3.8) is 0 Å². The molecule has 0 radical (unpaired) electrons. The number of nitrogens with zero attached hydrogens (tertiary/aromatic N) is 1. The predicted molar refractivity (Wildman–Crippen MR) is 68.2 cm³/mol. The number of carbonyl (C=O) groups is 1. The van der Waals surface area contributed by atoms with E-state index < -0.39 is 0 Å². The summed E-state index contributed by atoms with van der Waals surface area (Å²) in [6, 6.07) is 5.93. The summed E-state index contributed by atoms with van der Waals surface area (Å²) in [5, 5.41) is 0. The minimum absolute atomic E-state index is 0.0471. The average molecular weight is 278 g/mol. The summed E-state index contributed by atoms with van der Waals surface area (Å²) in [4.78, 5) is 13.6. The van der Waals surface area contributed by atoms with Gasteiger partial charge in [0.05, 0.1) is 0 Å². The van der Waals surface area contributed by atoms with Crippen LogP contribution in [-0.2, 0) is 4.79 Å². The summed E-state index contributed by atoms with van der Waals surface area (Å²) in [5.74, 6) is 2.82. The molecule has 1 fully saturated rings. The van der Waals surface area contributed by atoms with Gasteiger partial charge in [0.1, 0.15) is 0 Å². The molecule has 0 N–H and O–H groups in total. The molecule has 0 aromatic heterocycles. The second-order valence-electron chi connectivity index (χ2n) is 4.00. The average Bonchev–Trinajstić information content (AvgIpc) is 2.63. The van der Waals surface area contributed by atoms with Gasteiger partial charge in [-0.15, -0.1) is 12.3 Å². The Hall–Kier alpha value is -1.27. The monoisotopic (exact) mass is 277 g/mol. The molecule has 1 saturated heterocycles. The Morgan fingerprint density at radius 3 is 2.94 bits per heavy atom. The highest BCUT2D eigenvalue weighted by molar-refractivity contribution is 9.10. The van der Waals surface area contributed by atoms with Gasteiger partial charge in [-0.25, -0.2) is 0 Å². The molecular weight excluding hydrogens is 266 g/mol. The van der Waals surface area contributed by atoms with E-state index in [4.69, 9.17) is 6.42 Å². The zero-order valence-corrected chi connectivity index (χ0v) is 10.6. The Balaban J connectivity index is 2.35. The number of aryl methyl sites for hydroxylation is 1. The SMILES string of the molecule is C#CC1CC(=O)N(c2cc(Br)ccc2C)C1. The summed E-state index contributed by atoms with van der Waals surface area (Å²) in [5.41, 5.74) is 2.05. The van der Waals surface area contributed by atoms with Crippen molar-refractivity contribution in [2.45, 2.75) is 13.3 Å². The van der Waals surface area contributed by atoms with Gasteiger partial charge in [-0.05, 0) is 24.6 Å². The fourth-order valence-corrected chi connectivity index (χ4v) is 2.27. The Bertz CT molecular complexity index is 475. The van der Waals surface area contributed by atoms with Gasteiger partial charge in [0, 0.05) is 29.0 Å². The Morgan fingerprint density at radius 2 is 2.31 bits per heavy atom. The van der Waals surface area contributed by atoms with Gasteiger partial charge < -0.3 is 4.90 Å². The van der Waals surface area contributed by atoms with E-state index in [2.05, 4.69) is 21.9 Å². The highest BCUT2D eigenvalue weighted by atomic mass is 79.9. The van der Waals surface area contributed by atoms with Crippen LogP contribution in [0.4, 0.5) is 5.69 Å². The normalized spacial score (nSPS) is 19.9. The van der Waals surface area contributed by atoms with E-state index in [0.717, 1.165) is 15.7 Å². The summed E-state index contributed by atoms with van der Waals surface area (Å²) < 4.78 is 0.977. The van der Waals surface area contributed by atoms with Crippen LogP contribution in [0, 0.1) is 25.2 Å². The van der Waals surface area contributed by atoms with Crippen LogP contribution in [0.3, 0.4) is 0 Å². The van der Waals surface area contributed by atoms with Crippen LogP contribution in [0.1, 0.15) is 12.0 Å². The maximum Gasteiger partial charge on any atom is 0.228 e.